The number of hydrogen-bond acceptors (Lipinski definition) is 1. The highest BCUT2D eigenvalue weighted by atomic mass is 16.4. The Balaban J connectivity index is 4.89. The van der Waals surface area contributed by atoms with E-state index in [1.54, 1.807) is 6.08 Å². The van der Waals surface area contributed by atoms with E-state index in [9.17, 15) is 4.79 Å². The molecule has 0 aliphatic carbocycles. The van der Waals surface area contributed by atoms with E-state index in [0.717, 1.165) is 11.1 Å². The molecule has 0 radical (unpaired) electrons. The number of hydrogen-bond donors (Lipinski definition) is 1. The summed E-state index contributed by atoms with van der Waals surface area (Å²) in [7, 11) is 0. The minimum absolute atomic E-state index is 0.00475. The van der Waals surface area contributed by atoms with Crippen LogP contribution in [0.4, 0.5) is 0 Å². The number of rotatable bonds is 2. The van der Waals surface area contributed by atoms with Gasteiger partial charge in [-0.2, -0.15) is 0 Å². The van der Waals surface area contributed by atoms with Crippen LogP contribution in [0.2, 0.25) is 0 Å². The lowest BCUT2D eigenvalue weighted by Crippen LogP contribution is -2.09. The van der Waals surface area contributed by atoms with Crippen molar-refractivity contribution >= 4 is 5.97 Å². The van der Waals surface area contributed by atoms with Crippen molar-refractivity contribution in [2.45, 2.75) is 34.6 Å². The van der Waals surface area contributed by atoms with E-state index >= 15 is 0 Å². The van der Waals surface area contributed by atoms with Crippen molar-refractivity contribution < 1.29 is 9.90 Å². The fraction of sp³-hybridized carbons (Fsp3) is 0.545. The Labute approximate surface area is 80.0 Å². The topological polar surface area (TPSA) is 37.3 Å². The van der Waals surface area contributed by atoms with Crippen LogP contribution in [-0.4, -0.2) is 11.1 Å². The van der Waals surface area contributed by atoms with Crippen LogP contribution in [-0.2, 0) is 4.79 Å². The zero-order chi connectivity index (χ0) is 10.6. The number of carboxylic acids is 1. The van der Waals surface area contributed by atoms with E-state index in [2.05, 4.69) is 20.8 Å². The lowest BCUT2D eigenvalue weighted by molar-refractivity contribution is -0.131. The Hall–Kier alpha value is -1.05. The molecule has 0 heterocycles. The van der Waals surface area contributed by atoms with Gasteiger partial charge in [-0.3, -0.25) is 0 Å². The van der Waals surface area contributed by atoms with Gasteiger partial charge in [-0.1, -0.05) is 32.4 Å². The van der Waals surface area contributed by atoms with Crippen LogP contribution in [0, 0.1) is 5.41 Å². The molecule has 2 heteroatoms. The largest absolute Gasteiger partial charge is 0.478 e. The maximum absolute atomic E-state index is 10.3. The Bertz CT molecular complexity index is 248. The van der Waals surface area contributed by atoms with Crippen molar-refractivity contribution in [2.75, 3.05) is 0 Å². The third-order valence-electron chi connectivity index (χ3n) is 1.74. The third kappa shape index (κ3) is 4.51. The lowest BCUT2D eigenvalue weighted by atomic mass is 9.83. The normalized spacial score (nSPS) is 11.8. The molecule has 0 bridgehead atoms. The molecule has 0 aliphatic rings. The van der Waals surface area contributed by atoms with Gasteiger partial charge in [0.2, 0.25) is 0 Å². The molecule has 0 spiro atoms. The second-order valence-electron chi connectivity index (χ2n) is 4.34. The smallest absolute Gasteiger partial charge is 0.328 e. The predicted octanol–water partition coefficient (Wildman–Crippen LogP) is 3.01. The zero-order valence-electron chi connectivity index (χ0n) is 9.01. The fourth-order valence-electron chi connectivity index (χ4n) is 1.32. The first-order valence-electron chi connectivity index (χ1n) is 4.34. The van der Waals surface area contributed by atoms with E-state index in [4.69, 9.17) is 5.11 Å². The standard InChI is InChI=1S/C11H18O2/c1-8(2)9(11(3,4)5)6-7-10(12)13/h6-7H,1-5H3,(H,12,13)/b7-6+. The SMILES string of the molecule is CC(C)=C(/C=C/C(=O)O)C(C)(C)C. The van der Waals surface area contributed by atoms with E-state index in [0.29, 0.717) is 0 Å². The van der Waals surface area contributed by atoms with Gasteiger partial charge in [-0.05, 0) is 24.8 Å². The summed E-state index contributed by atoms with van der Waals surface area (Å²) >= 11 is 0. The highest BCUT2D eigenvalue weighted by molar-refractivity contribution is 5.80. The molecule has 0 aromatic carbocycles. The monoisotopic (exact) mass is 182 g/mol. The molecule has 0 saturated carbocycles. The molecular weight excluding hydrogens is 164 g/mol. The van der Waals surface area contributed by atoms with Crippen molar-refractivity contribution in [1.82, 2.24) is 0 Å². The van der Waals surface area contributed by atoms with Crippen LogP contribution in [0.3, 0.4) is 0 Å². The van der Waals surface area contributed by atoms with Crippen LogP contribution >= 0.6 is 0 Å². The first-order chi connectivity index (χ1) is 5.75. The average molecular weight is 182 g/mol. The maximum atomic E-state index is 10.3. The Morgan fingerprint density at radius 2 is 1.62 bits per heavy atom. The van der Waals surface area contributed by atoms with Crippen LogP contribution in [0.1, 0.15) is 34.6 Å². The van der Waals surface area contributed by atoms with Crippen molar-refractivity contribution in [1.29, 1.82) is 0 Å². The average Bonchev–Trinajstić information content (AvgIpc) is 1.81. The van der Waals surface area contributed by atoms with Crippen LogP contribution < -0.4 is 0 Å². The molecule has 0 atom stereocenters. The number of allylic oxidation sites excluding steroid dienone is 3. The minimum Gasteiger partial charge on any atom is -0.478 e. The molecule has 0 fully saturated rings. The second-order valence-corrected chi connectivity index (χ2v) is 4.34. The van der Waals surface area contributed by atoms with Gasteiger partial charge in [0.25, 0.3) is 0 Å². The minimum atomic E-state index is -0.900. The molecule has 1 N–H and O–H groups in total. The third-order valence-corrected chi connectivity index (χ3v) is 1.74. The summed E-state index contributed by atoms with van der Waals surface area (Å²) in [6, 6.07) is 0. The van der Waals surface area contributed by atoms with Crippen molar-refractivity contribution in [3.63, 3.8) is 0 Å². The molecule has 2 nitrogen and oxygen atoms in total. The van der Waals surface area contributed by atoms with Gasteiger partial charge >= 0.3 is 5.97 Å². The summed E-state index contributed by atoms with van der Waals surface area (Å²) in [5, 5.41) is 8.50. The predicted molar refractivity (Wildman–Crippen MR) is 54.6 cm³/mol. The van der Waals surface area contributed by atoms with Crippen molar-refractivity contribution in [3.05, 3.63) is 23.3 Å². The van der Waals surface area contributed by atoms with Gasteiger partial charge in [0.05, 0.1) is 0 Å². The van der Waals surface area contributed by atoms with Crippen LogP contribution in [0.5, 0.6) is 0 Å². The first kappa shape index (κ1) is 11.9. The van der Waals surface area contributed by atoms with Crippen molar-refractivity contribution in [3.8, 4) is 0 Å². The second kappa shape index (κ2) is 4.26. The molecule has 74 valence electrons. The van der Waals surface area contributed by atoms with Gasteiger partial charge < -0.3 is 5.11 Å². The van der Waals surface area contributed by atoms with E-state index in [-0.39, 0.29) is 5.41 Å². The summed E-state index contributed by atoms with van der Waals surface area (Å²) in [5.41, 5.74) is 2.24. The van der Waals surface area contributed by atoms with Crippen LogP contribution in [0.25, 0.3) is 0 Å². The Morgan fingerprint density at radius 1 is 1.15 bits per heavy atom. The Kier molecular flexibility index (Phi) is 3.92. The van der Waals surface area contributed by atoms with E-state index in [1.165, 1.54) is 6.08 Å². The molecule has 0 aliphatic heterocycles. The molecular formula is C11H18O2. The van der Waals surface area contributed by atoms with Gasteiger partial charge in [0.15, 0.2) is 0 Å². The fourth-order valence-corrected chi connectivity index (χ4v) is 1.32. The summed E-state index contributed by atoms with van der Waals surface area (Å²) in [4.78, 5) is 10.3. The van der Waals surface area contributed by atoms with E-state index < -0.39 is 5.97 Å². The first-order valence-corrected chi connectivity index (χ1v) is 4.34. The summed E-state index contributed by atoms with van der Waals surface area (Å²) in [6.45, 7) is 10.2. The van der Waals surface area contributed by atoms with E-state index in [1.807, 2.05) is 13.8 Å². The Morgan fingerprint density at radius 3 is 1.85 bits per heavy atom. The molecule has 13 heavy (non-hydrogen) atoms. The number of carbonyl (C=O) groups is 1. The maximum Gasteiger partial charge on any atom is 0.328 e. The van der Waals surface area contributed by atoms with Crippen LogP contribution in [0.15, 0.2) is 23.3 Å². The molecule has 0 aromatic heterocycles. The molecule has 0 saturated heterocycles. The van der Waals surface area contributed by atoms with Gasteiger partial charge in [0.1, 0.15) is 0 Å². The van der Waals surface area contributed by atoms with Gasteiger partial charge in [-0.15, -0.1) is 0 Å². The summed E-state index contributed by atoms with van der Waals surface area (Å²) in [5.74, 6) is -0.900. The summed E-state index contributed by atoms with van der Waals surface area (Å²) in [6.07, 6.45) is 2.87. The van der Waals surface area contributed by atoms with Gasteiger partial charge in [-0.25, -0.2) is 4.79 Å². The highest BCUT2D eigenvalue weighted by Gasteiger charge is 2.15. The highest BCUT2D eigenvalue weighted by Crippen LogP contribution is 2.28. The molecule has 0 aromatic rings. The zero-order valence-corrected chi connectivity index (χ0v) is 9.01. The number of carboxylic acid groups (broad SMARTS) is 1. The quantitative estimate of drug-likeness (QED) is 0.526. The number of aliphatic carboxylic acids is 1. The molecule has 0 rings (SSSR count). The van der Waals surface area contributed by atoms with Gasteiger partial charge in [0, 0.05) is 6.08 Å². The molecule has 0 amide bonds. The van der Waals surface area contributed by atoms with Crippen molar-refractivity contribution in [2.24, 2.45) is 5.41 Å². The molecule has 0 unspecified atom stereocenters. The lowest BCUT2D eigenvalue weighted by Gasteiger charge is -2.21. The summed E-state index contributed by atoms with van der Waals surface area (Å²) < 4.78 is 0.